The first-order valence-electron chi connectivity index (χ1n) is 6.85. The lowest BCUT2D eigenvalue weighted by molar-refractivity contribution is 0.221. The molecule has 1 saturated heterocycles. The number of aromatic nitrogens is 1. The summed E-state index contributed by atoms with van der Waals surface area (Å²) < 4.78 is 2.32. The van der Waals surface area contributed by atoms with E-state index in [0.29, 0.717) is 6.04 Å². The van der Waals surface area contributed by atoms with E-state index >= 15 is 0 Å². The summed E-state index contributed by atoms with van der Waals surface area (Å²) >= 11 is 0. The number of rotatable bonds is 5. The fraction of sp³-hybridized carbons (Fsp3) is 0.714. The smallest absolute Gasteiger partial charge is 0.0347 e. The van der Waals surface area contributed by atoms with Gasteiger partial charge >= 0.3 is 0 Å². The molecule has 0 saturated carbocycles. The van der Waals surface area contributed by atoms with Gasteiger partial charge in [-0.25, -0.2) is 0 Å². The third-order valence-corrected chi connectivity index (χ3v) is 3.83. The lowest BCUT2D eigenvalue weighted by Crippen LogP contribution is -2.32. The molecule has 0 aliphatic carbocycles. The van der Waals surface area contributed by atoms with Crippen molar-refractivity contribution < 1.29 is 0 Å². The number of hydrogen-bond donors (Lipinski definition) is 1. The largest absolute Gasteiger partial charge is 0.353 e. The minimum Gasteiger partial charge on any atom is -0.353 e. The molecular formula is C14H25N3. The molecule has 0 aromatic carbocycles. The second kappa shape index (κ2) is 6.22. The van der Waals surface area contributed by atoms with Crippen molar-refractivity contribution >= 4 is 0 Å². The summed E-state index contributed by atoms with van der Waals surface area (Å²) in [6, 6.07) is 2.67. The van der Waals surface area contributed by atoms with Crippen LogP contribution in [-0.2, 0) is 6.54 Å². The Bertz CT molecular complexity index is 326. The predicted octanol–water partition coefficient (Wildman–Crippen LogP) is 2.25. The van der Waals surface area contributed by atoms with E-state index in [0.717, 1.165) is 6.54 Å². The molecule has 3 nitrogen and oxygen atoms in total. The highest BCUT2D eigenvalue weighted by atomic mass is 15.1. The van der Waals surface area contributed by atoms with Crippen LogP contribution in [0.15, 0.2) is 18.5 Å². The minimum absolute atomic E-state index is 0.450. The number of nitrogens with one attached hydrogen (secondary N) is 1. The van der Waals surface area contributed by atoms with Crippen molar-refractivity contribution in [3.05, 3.63) is 24.0 Å². The number of hydrogen-bond acceptors (Lipinski definition) is 2. The molecule has 3 heteroatoms. The van der Waals surface area contributed by atoms with E-state index < -0.39 is 0 Å². The zero-order valence-corrected chi connectivity index (χ0v) is 11.2. The van der Waals surface area contributed by atoms with Crippen molar-refractivity contribution in [3.8, 4) is 0 Å². The molecule has 0 amide bonds. The molecular weight excluding hydrogens is 210 g/mol. The average Bonchev–Trinajstić information content (AvgIpc) is 2.85. The fourth-order valence-electron chi connectivity index (χ4n) is 2.46. The lowest BCUT2D eigenvalue weighted by atomic mass is 10.1. The highest BCUT2D eigenvalue weighted by molar-refractivity contribution is 5.14. The van der Waals surface area contributed by atoms with Crippen LogP contribution in [0.3, 0.4) is 0 Å². The van der Waals surface area contributed by atoms with E-state index in [-0.39, 0.29) is 0 Å². The van der Waals surface area contributed by atoms with Crippen molar-refractivity contribution in [3.63, 3.8) is 0 Å². The van der Waals surface area contributed by atoms with Gasteiger partial charge in [0.1, 0.15) is 0 Å². The van der Waals surface area contributed by atoms with E-state index in [1.807, 2.05) is 7.05 Å². The van der Waals surface area contributed by atoms with Gasteiger partial charge in [-0.2, -0.15) is 0 Å². The van der Waals surface area contributed by atoms with Crippen LogP contribution in [0.5, 0.6) is 0 Å². The average molecular weight is 235 g/mol. The molecule has 1 fully saturated rings. The lowest BCUT2D eigenvalue weighted by Gasteiger charge is -2.26. The Morgan fingerprint density at radius 2 is 2.00 bits per heavy atom. The summed E-state index contributed by atoms with van der Waals surface area (Å²) in [5.41, 5.74) is 1.38. The molecule has 0 bridgehead atoms. The first-order valence-corrected chi connectivity index (χ1v) is 6.85. The van der Waals surface area contributed by atoms with Crippen LogP contribution in [0, 0.1) is 0 Å². The van der Waals surface area contributed by atoms with Crippen molar-refractivity contribution in [2.75, 3.05) is 26.7 Å². The van der Waals surface area contributed by atoms with Gasteiger partial charge in [0, 0.05) is 31.5 Å². The quantitative estimate of drug-likeness (QED) is 0.845. The van der Waals surface area contributed by atoms with Crippen LogP contribution in [0.4, 0.5) is 0 Å². The summed E-state index contributed by atoms with van der Waals surface area (Å²) in [6.07, 6.45) is 8.66. The molecule has 96 valence electrons. The van der Waals surface area contributed by atoms with Crippen LogP contribution in [0.2, 0.25) is 0 Å². The van der Waals surface area contributed by atoms with Gasteiger partial charge in [0.25, 0.3) is 0 Å². The van der Waals surface area contributed by atoms with Gasteiger partial charge in [-0.05, 0) is 51.5 Å². The predicted molar refractivity (Wildman–Crippen MR) is 72.2 cm³/mol. The van der Waals surface area contributed by atoms with Crippen LogP contribution < -0.4 is 5.32 Å². The summed E-state index contributed by atoms with van der Waals surface area (Å²) in [5.74, 6) is 0. The Kier molecular flexibility index (Phi) is 4.63. The third-order valence-electron chi connectivity index (χ3n) is 3.83. The van der Waals surface area contributed by atoms with Crippen LogP contribution >= 0.6 is 0 Å². The van der Waals surface area contributed by atoms with Crippen molar-refractivity contribution in [2.24, 2.45) is 0 Å². The third kappa shape index (κ3) is 3.58. The zero-order chi connectivity index (χ0) is 12.1. The normalized spacial score (nSPS) is 19.4. The van der Waals surface area contributed by atoms with Crippen LogP contribution in [-0.4, -0.2) is 36.1 Å². The highest BCUT2D eigenvalue weighted by Crippen LogP contribution is 2.13. The van der Waals surface area contributed by atoms with Crippen LogP contribution in [0.25, 0.3) is 0 Å². The Morgan fingerprint density at radius 3 is 2.71 bits per heavy atom. The van der Waals surface area contributed by atoms with Gasteiger partial charge in [-0.3, -0.25) is 0 Å². The second-order valence-corrected chi connectivity index (χ2v) is 5.10. The minimum atomic E-state index is 0.450. The topological polar surface area (TPSA) is 20.2 Å². The molecule has 1 aliphatic heterocycles. The first-order chi connectivity index (χ1) is 8.29. The Hall–Kier alpha value is -0.800. The molecule has 1 N–H and O–H groups in total. The van der Waals surface area contributed by atoms with E-state index in [1.54, 1.807) is 0 Å². The number of nitrogens with zero attached hydrogens (tertiary/aromatic N) is 2. The molecule has 1 atom stereocenters. The van der Waals surface area contributed by atoms with Crippen LogP contribution in [0.1, 0.15) is 37.8 Å². The van der Waals surface area contributed by atoms with Gasteiger partial charge in [-0.15, -0.1) is 0 Å². The molecule has 0 spiro atoms. The summed E-state index contributed by atoms with van der Waals surface area (Å²) in [6.45, 7) is 7.10. The van der Waals surface area contributed by atoms with Gasteiger partial charge < -0.3 is 14.8 Å². The molecule has 2 rings (SSSR count). The Morgan fingerprint density at radius 1 is 1.24 bits per heavy atom. The molecule has 1 aromatic heterocycles. The Labute approximate surface area is 105 Å². The molecule has 1 unspecified atom stereocenters. The maximum Gasteiger partial charge on any atom is 0.0347 e. The molecule has 1 aromatic rings. The van der Waals surface area contributed by atoms with Crippen molar-refractivity contribution in [1.29, 1.82) is 0 Å². The van der Waals surface area contributed by atoms with Gasteiger partial charge in [0.15, 0.2) is 0 Å². The van der Waals surface area contributed by atoms with Crippen molar-refractivity contribution in [2.45, 2.75) is 38.8 Å². The molecule has 1 aliphatic rings. The SMILES string of the molecule is CNC(C)c1ccn(CCN2CCCCC2)c1. The Balaban J connectivity index is 1.80. The summed E-state index contributed by atoms with van der Waals surface area (Å²) in [4.78, 5) is 2.59. The summed E-state index contributed by atoms with van der Waals surface area (Å²) in [5, 5.41) is 3.28. The zero-order valence-electron chi connectivity index (χ0n) is 11.2. The molecule has 2 heterocycles. The molecule has 0 radical (unpaired) electrons. The first kappa shape index (κ1) is 12.7. The second-order valence-electron chi connectivity index (χ2n) is 5.10. The van der Waals surface area contributed by atoms with Crippen molar-refractivity contribution in [1.82, 2.24) is 14.8 Å². The molecule has 17 heavy (non-hydrogen) atoms. The van der Waals surface area contributed by atoms with E-state index in [4.69, 9.17) is 0 Å². The standard InChI is InChI=1S/C14H25N3/c1-13(15-2)14-6-9-17(12-14)11-10-16-7-4-3-5-8-16/h6,9,12-13,15H,3-5,7-8,10-11H2,1-2H3. The van der Waals surface area contributed by atoms with Gasteiger partial charge in [0.05, 0.1) is 0 Å². The fourth-order valence-corrected chi connectivity index (χ4v) is 2.46. The number of piperidine rings is 1. The monoisotopic (exact) mass is 235 g/mol. The maximum absolute atomic E-state index is 3.28. The van der Waals surface area contributed by atoms with E-state index in [9.17, 15) is 0 Å². The van der Waals surface area contributed by atoms with E-state index in [1.165, 1.54) is 44.5 Å². The van der Waals surface area contributed by atoms with Gasteiger partial charge in [-0.1, -0.05) is 6.42 Å². The number of likely N-dealkylation sites (tertiary alicyclic amines) is 1. The maximum atomic E-state index is 3.28. The summed E-state index contributed by atoms with van der Waals surface area (Å²) in [7, 11) is 2.01. The highest BCUT2D eigenvalue weighted by Gasteiger charge is 2.10. The van der Waals surface area contributed by atoms with Gasteiger partial charge in [0.2, 0.25) is 0 Å². The van der Waals surface area contributed by atoms with E-state index in [2.05, 4.69) is 40.2 Å².